The number of aryl methyl sites for hydroxylation is 3. The second-order valence-electron chi connectivity index (χ2n) is 6.35. The molecule has 3 aromatic rings. The third-order valence-electron chi connectivity index (χ3n) is 4.65. The normalized spacial score (nSPS) is 12.9. The van der Waals surface area contributed by atoms with Crippen molar-refractivity contribution in [3.05, 3.63) is 69.7 Å². The Labute approximate surface area is 155 Å². The van der Waals surface area contributed by atoms with Crippen LogP contribution in [0, 0.1) is 12.7 Å². The number of hydrogen-bond acceptors (Lipinski definition) is 3. The molecule has 0 atom stereocenters. The van der Waals surface area contributed by atoms with Gasteiger partial charge in [0, 0.05) is 5.69 Å². The third kappa shape index (κ3) is 2.88. The molecule has 0 saturated carbocycles. The molecule has 0 aliphatic heterocycles. The summed E-state index contributed by atoms with van der Waals surface area (Å²) in [6.07, 6.45) is 3.22. The van der Waals surface area contributed by atoms with E-state index in [0.29, 0.717) is 11.4 Å². The molecule has 0 unspecified atom stereocenters. The zero-order valence-corrected chi connectivity index (χ0v) is 14.9. The minimum absolute atomic E-state index is 0.0603. The van der Waals surface area contributed by atoms with E-state index < -0.39 is 11.7 Å². The Balaban J connectivity index is 1.70. The van der Waals surface area contributed by atoms with Gasteiger partial charge >= 0.3 is 0 Å². The van der Waals surface area contributed by atoms with Gasteiger partial charge in [-0.25, -0.2) is 4.39 Å². The van der Waals surface area contributed by atoms with Gasteiger partial charge in [-0.15, -0.1) is 0 Å². The average Bonchev–Trinajstić information content (AvgIpc) is 3.21. The number of rotatable bonds is 3. The van der Waals surface area contributed by atoms with Crippen LogP contribution in [-0.4, -0.2) is 11.1 Å². The van der Waals surface area contributed by atoms with Crippen molar-refractivity contribution in [2.24, 2.45) is 0 Å². The highest BCUT2D eigenvalue weighted by Crippen LogP contribution is 2.34. The smallest absolute Gasteiger partial charge is 0.261 e. The van der Waals surface area contributed by atoms with Crippen LogP contribution >= 0.6 is 11.6 Å². The molecular formula is C20H16ClFN2O2. The second kappa shape index (κ2) is 6.57. The number of nitrogens with zero attached hydrogens (tertiary/aromatic N) is 1. The number of nitrogens with one attached hydrogen (secondary N) is 1. The van der Waals surface area contributed by atoms with Crippen LogP contribution in [0.15, 0.2) is 40.9 Å². The van der Waals surface area contributed by atoms with Crippen LogP contribution in [0.25, 0.3) is 11.3 Å². The fraction of sp³-hybridized carbons (Fsp3) is 0.200. The molecule has 1 aromatic heterocycles. The molecule has 0 spiro atoms. The zero-order valence-electron chi connectivity index (χ0n) is 14.1. The quantitative estimate of drug-likeness (QED) is 0.690. The van der Waals surface area contributed by atoms with Crippen molar-refractivity contribution < 1.29 is 13.7 Å². The molecule has 1 aliphatic rings. The van der Waals surface area contributed by atoms with Crippen molar-refractivity contribution in [2.45, 2.75) is 26.2 Å². The average molecular weight is 371 g/mol. The van der Waals surface area contributed by atoms with E-state index in [1.165, 1.54) is 23.3 Å². The second-order valence-corrected chi connectivity index (χ2v) is 6.76. The van der Waals surface area contributed by atoms with E-state index in [1.54, 1.807) is 13.0 Å². The van der Waals surface area contributed by atoms with E-state index in [1.807, 2.05) is 18.2 Å². The lowest BCUT2D eigenvalue weighted by Gasteiger charge is -2.09. The molecule has 2 aromatic carbocycles. The Morgan fingerprint density at radius 3 is 2.85 bits per heavy atom. The van der Waals surface area contributed by atoms with Crippen molar-refractivity contribution in [1.82, 2.24) is 5.16 Å². The number of aromatic nitrogens is 1. The van der Waals surface area contributed by atoms with Gasteiger partial charge in [-0.05, 0) is 61.6 Å². The van der Waals surface area contributed by atoms with E-state index in [2.05, 4.69) is 10.5 Å². The lowest BCUT2D eigenvalue weighted by Crippen LogP contribution is -2.14. The third-order valence-corrected chi connectivity index (χ3v) is 4.96. The fourth-order valence-electron chi connectivity index (χ4n) is 3.38. The van der Waals surface area contributed by atoms with Crippen LogP contribution in [-0.2, 0) is 12.8 Å². The summed E-state index contributed by atoms with van der Waals surface area (Å²) in [6.45, 7) is 1.61. The van der Waals surface area contributed by atoms with Crippen molar-refractivity contribution in [3.8, 4) is 11.3 Å². The summed E-state index contributed by atoms with van der Waals surface area (Å²) in [5.74, 6) is -0.661. The van der Waals surface area contributed by atoms with E-state index in [0.717, 1.165) is 19.3 Å². The summed E-state index contributed by atoms with van der Waals surface area (Å²) in [5.41, 5.74) is 3.61. The molecule has 6 heteroatoms. The first-order valence-electron chi connectivity index (χ1n) is 8.38. The molecule has 1 N–H and O–H groups in total. The first kappa shape index (κ1) is 16.8. The van der Waals surface area contributed by atoms with Crippen LogP contribution in [0.4, 0.5) is 10.1 Å². The highest BCUT2D eigenvalue weighted by atomic mass is 35.5. The summed E-state index contributed by atoms with van der Waals surface area (Å²) in [6, 6.07) is 10.2. The summed E-state index contributed by atoms with van der Waals surface area (Å²) in [5, 5.41) is 6.90. The van der Waals surface area contributed by atoms with Crippen molar-refractivity contribution in [2.75, 3.05) is 5.32 Å². The van der Waals surface area contributed by atoms with E-state index >= 15 is 0 Å². The minimum atomic E-state index is -0.558. The van der Waals surface area contributed by atoms with Gasteiger partial charge < -0.3 is 9.84 Å². The van der Waals surface area contributed by atoms with Crippen LogP contribution in [0.5, 0.6) is 0 Å². The maximum atomic E-state index is 14.3. The molecule has 1 heterocycles. The van der Waals surface area contributed by atoms with E-state index in [4.69, 9.17) is 16.1 Å². The lowest BCUT2D eigenvalue weighted by atomic mass is 10.0. The van der Waals surface area contributed by atoms with Gasteiger partial charge in [-0.2, -0.15) is 0 Å². The highest BCUT2D eigenvalue weighted by molar-refractivity contribution is 6.33. The number of hydrogen-bond donors (Lipinski definition) is 1. The van der Waals surface area contributed by atoms with Crippen molar-refractivity contribution in [3.63, 3.8) is 0 Å². The van der Waals surface area contributed by atoms with Crippen molar-refractivity contribution >= 4 is 23.2 Å². The van der Waals surface area contributed by atoms with E-state index in [9.17, 15) is 9.18 Å². The lowest BCUT2D eigenvalue weighted by molar-refractivity contribution is 0.102. The molecule has 1 amide bonds. The van der Waals surface area contributed by atoms with Gasteiger partial charge in [-0.1, -0.05) is 28.9 Å². The first-order chi connectivity index (χ1) is 12.5. The minimum Gasteiger partial charge on any atom is -0.360 e. The summed E-state index contributed by atoms with van der Waals surface area (Å²) < 4.78 is 19.4. The number of fused-ring (bicyclic) bond motifs is 1. The standard InChI is InChI=1S/C20H16ClFN2O2/c1-11-17(19(24-26-11)18-15(21)6-3-7-16(18)22)20(25)23-14-9-8-12-4-2-5-13(12)10-14/h3,6-10H,2,4-5H2,1H3,(H,23,25). The largest absolute Gasteiger partial charge is 0.360 e. The molecule has 1 aliphatic carbocycles. The molecule has 4 rings (SSSR count). The zero-order chi connectivity index (χ0) is 18.3. The Morgan fingerprint density at radius 2 is 2.04 bits per heavy atom. The maximum absolute atomic E-state index is 14.3. The number of halogens is 2. The molecule has 0 fully saturated rings. The van der Waals surface area contributed by atoms with Crippen LogP contribution < -0.4 is 5.32 Å². The summed E-state index contributed by atoms with van der Waals surface area (Å²) in [7, 11) is 0. The number of carbonyl (C=O) groups is 1. The Morgan fingerprint density at radius 1 is 1.23 bits per heavy atom. The highest BCUT2D eigenvalue weighted by Gasteiger charge is 2.25. The molecule has 132 valence electrons. The molecule has 0 bridgehead atoms. The summed E-state index contributed by atoms with van der Waals surface area (Å²) in [4.78, 5) is 12.8. The SMILES string of the molecule is Cc1onc(-c2c(F)cccc2Cl)c1C(=O)Nc1ccc2c(c1)CCC2. The Kier molecular flexibility index (Phi) is 4.24. The molecule has 4 nitrogen and oxygen atoms in total. The van der Waals surface area contributed by atoms with Crippen LogP contribution in [0.3, 0.4) is 0 Å². The monoisotopic (exact) mass is 370 g/mol. The molecular weight excluding hydrogens is 355 g/mol. The van der Waals surface area contributed by atoms with Gasteiger partial charge in [0.15, 0.2) is 0 Å². The van der Waals surface area contributed by atoms with Crippen molar-refractivity contribution in [1.29, 1.82) is 0 Å². The van der Waals surface area contributed by atoms with E-state index in [-0.39, 0.29) is 21.8 Å². The Bertz CT molecular complexity index is 993. The van der Waals surface area contributed by atoms with Gasteiger partial charge in [0.05, 0.1) is 10.6 Å². The predicted octanol–water partition coefficient (Wildman–Crippen LogP) is 5.18. The number of benzene rings is 2. The van der Waals surface area contributed by atoms with Gasteiger partial charge in [0.2, 0.25) is 0 Å². The Hall–Kier alpha value is -2.66. The predicted molar refractivity (Wildman–Crippen MR) is 98.1 cm³/mol. The first-order valence-corrected chi connectivity index (χ1v) is 8.76. The molecule has 0 saturated heterocycles. The van der Waals surface area contributed by atoms with Gasteiger partial charge in [0.25, 0.3) is 5.91 Å². The topological polar surface area (TPSA) is 55.1 Å². The summed E-state index contributed by atoms with van der Waals surface area (Å²) >= 11 is 6.12. The fourth-order valence-corrected chi connectivity index (χ4v) is 3.63. The number of amides is 1. The number of anilines is 1. The maximum Gasteiger partial charge on any atom is 0.261 e. The van der Waals surface area contributed by atoms with Gasteiger partial charge in [-0.3, -0.25) is 4.79 Å². The van der Waals surface area contributed by atoms with Crippen LogP contribution in [0.1, 0.15) is 33.7 Å². The molecule has 0 radical (unpaired) electrons. The molecule has 26 heavy (non-hydrogen) atoms. The van der Waals surface area contributed by atoms with Gasteiger partial charge in [0.1, 0.15) is 22.8 Å². The van der Waals surface area contributed by atoms with Crippen LogP contribution in [0.2, 0.25) is 5.02 Å². The number of carbonyl (C=O) groups excluding carboxylic acids is 1.